The highest BCUT2D eigenvalue weighted by Crippen LogP contribution is 2.40. The molecule has 3 aliphatic rings. The molecule has 5 unspecified atom stereocenters. The summed E-state index contributed by atoms with van der Waals surface area (Å²) in [6.45, 7) is 15.4. The molecule has 4 rings (SSSR count). The second kappa shape index (κ2) is 19.6. The van der Waals surface area contributed by atoms with E-state index in [0.29, 0.717) is 17.7 Å². The lowest BCUT2D eigenvalue weighted by Crippen LogP contribution is -2.60. The zero-order chi connectivity index (χ0) is 42.4. The molecule has 1 amide bonds. The number of esters is 1. The van der Waals surface area contributed by atoms with Crippen LogP contribution in [0.15, 0.2) is 47.0 Å². The molecule has 0 aliphatic carbocycles. The lowest BCUT2D eigenvalue weighted by atomic mass is 9.73. The monoisotopic (exact) mass is 798 g/mol. The fraction of sp³-hybridized carbons (Fsp3) is 0.682. The molecule has 3 fully saturated rings. The first-order chi connectivity index (χ1) is 26.7. The normalized spacial score (nSPS) is 39.1. The molecule has 13 atom stereocenters. The number of rotatable bonds is 7. The Morgan fingerprint density at radius 3 is 2.32 bits per heavy atom. The highest BCUT2D eigenvalue weighted by molar-refractivity contribution is 6.00. The Morgan fingerprint density at radius 2 is 1.72 bits per heavy atom. The van der Waals surface area contributed by atoms with E-state index in [1.165, 1.54) is 13.8 Å². The number of cyclic esters (lactones) is 1. The molecule has 3 heterocycles. The number of carbonyl (C=O) groups excluding carboxylic acids is 3. The van der Waals surface area contributed by atoms with Crippen molar-refractivity contribution in [1.29, 1.82) is 0 Å². The van der Waals surface area contributed by atoms with Gasteiger partial charge in [-0.2, -0.15) is 0 Å². The summed E-state index contributed by atoms with van der Waals surface area (Å²) in [4.78, 5) is 47.6. The smallest absolute Gasteiger partial charge is 0.316 e. The number of ether oxygens (including phenoxy) is 6. The summed E-state index contributed by atoms with van der Waals surface area (Å²) >= 11 is 0. The summed E-state index contributed by atoms with van der Waals surface area (Å²) in [6, 6.07) is 7.30. The Hall–Kier alpha value is -3.30. The third kappa shape index (κ3) is 11.1. The Kier molecular flexibility index (Phi) is 16.0. The van der Waals surface area contributed by atoms with Gasteiger partial charge in [0.05, 0.1) is 44.2 Å². The van der Waals surface area contributed by atoms with Crippen LogP contribution in [0.5, 0.6) is 5.75 Å². The van der Waals surface area contributed by atoms with Gasteiger partial charge >= 0.3 is 5.97 Å². The van der Waals surface area contributed by atoms with E-state index >= 15 is 0 Å². The summed E-state index contributed by atoms with van der Waals surface area (Å²) in [5.41, 5.74) is -1.03. The molecule has 3 aliphatic heterocycles. The standard InChI is InChI=1S/C44H66N2O11/c1-13-35-44(9,51)40-27(4)36(45-30(7)47)25(2)22-43(8,54-24-32(23-53-40)16-14-15-31-17-19-33(52-12)20-18-31)39(28(5)37(48)29(6)41(50)56-35)57-42-38(49)34(46(10)11)21-26(3)55-42/h14-20,25-29,34-35,38-40,42,49,51H,13,21-24H2,1-12H3/b15-14+,32-16-,45-36?/t25?,26-,27?,28+,29-,34+,35-,38?,39?,40?,42+,43-,44-/m1/s1. The molecule has 13 nitrogen and oxygen atoms in total. The molecule has 0 saturated carbocycles. The summed E-state index contributed by atoms with van der Waals surface area (Å²) in [5.74, 6) is -4.32. The maximum absolute atomic E-state index is 14.5. The summed E-state index contributed by atoms with van der Waals surface area (Å²) in [6.07, 6.45) is 0.969. The van der Waals surface area contributed by atoms with Gasteiger partial charge in [0, 0.05) is 30.5 Å². The summed E-state index contributed by atoms with van der Waals surface area (Å²) in [5, 5.41) is 24.1. The van der Waals surface area contributed by atoms with Crippen molar-refractivity contribution < 1.29 is 53.0 Å². The van der Waals surface area contributed by atoms with E-state index in [-0.39, 0.29) is 38.2 Å². The number of ketones is 1. The van der Waals surface area contributed by atoms with Gasteiger partial charge in [-0.15, -0.1) is 0 Å². The van der Waals surface area contributed by atoms with Crippen LogP contribution in [-0.2, 0) is 38.1 Å². The van der Waals surface area contributed by atoms with Crippen LogP contribution in [-0.4, -0.2) is 127 Å². The van der Waals surface area contributed by atoms with E-state index < -0.39 is 83.2 Å². The Morgan fingerprint density at radius 1 is 1.05 bits per heavy atom. The van der Waals surface area contributed by atoms with Crippen LogP contribution < -0.4 is 4.74 Å². The number of aliphatic imine (C=N–C) groups is 1. The third-order valence-corrected chi connectivity index (χ3v) is 11.9. The topological polar surface area (TPSA) is 163 Å². The van der Waals surface area contributed by atoms with E-state index in [4.69, 9.17) is 28.4 Å². The molecule has 13 heteroatoms. The number of amides is 1. The fourth-order valence-electron chi connectivity index (χ4n) is 8.68. The maximum atomic E-state index is 14.5. The van der Waals surface area contributed by atoms with Gasteiger partial charge in [0.15, 0.2) is 12.1 Å². The SMILES string of the molecule is CC[C@H]1OC(=O)[C@H](C)C(=O)[C@H](C)C(O[C@@H]2O[C@H](C)C[C@H](N(C)C)C2O)[C@@]2(C)CC(C)C(=NC(C)=O)C(C)C(OC/C(=C/C=C/c3ccc(OC)cc3)CO2)[C@]1(C)O. The van der Waals surface area contributed by atoms with Gasteiger partial charge in [-0.1, -0.05) is 58.1 Å². The molecular weight excluding hydrogens is 732 g/mol. The number of benzene rings is 1. The average molecular weight is 799 g/mol. The lowest BCUT2D eigenvalue weighted by Gasteiger charge is -2.47. The molecule has 57 heavy (non-hydrogen) atoms. The van der Waals surface area contributed by atoms with Crippen molar-refractivity contribution in [2.24, 2.45) is 28.7 Å². The second-order valence-corrected chi connectivity index (χ2v) is 16.8. The molecule has 0 radical (unpaired) electrons. The van der Waals surface area contributed by atoms with E-state index in [1.807, 2.05) is 89.2 Å². The van der Waals surface area contributed by atoms with Crippen LogP contribution in [0.3, 0.4) is 0 Å². The van der Waals surface area contributed by atoms with E-state index in [0.717, 1.165) is 11.3 Å². The van der Waals surface area contributed by atoms with Crippen LogP contribution >= 0.6 is 0 Å². The number of Topliss-reactive ketones (excluding diaryl/α,β-unsaturated/α-hetero) is 1. The number of hydrogen-bond acceptors (Lipinski definition) is 12. The van der Waals surface area contributed by atoms with Crippen molar-refractivity contribution in [3.8, 4) is 5.75 Å². The van der Waals surface area contributed by atoms with Crippen LogP contribution in [0.25, 0.3) is 6.08 Å². The predicted molar refractivity (Wildman–Crippen MR) is 217 cm³/mol. The van der Waals surface area contributed by atoms with Crippen molar-refractivity contribution in [3.05, 3.63) is 47.6 Å². The molecule has 318 valence electrons. The first kappa shape index (κ1) is 46.4. The van der Waals surface area contributed by atoms with Gasteiger partial charge in [0.25, 0.3) is 0 Å². The minimum absolute atomic E-state index is 0.0107. The third-order valence-electron chi connectivity index (χ3n) is 11.9. The number of nitrogens with zero attached hydrogens (tertiary/aromatic N) is 2. The minimum Gasteiger partial charge on any atom is -0.497 e. The first-order valence-electron chi connectivity index (χ1n) is 20.2. The van der Waals surface area contributed by atoms with Crippen molar-refractivity contribution >= 4 is 29.4 Å². The van der Waals surface area contributed by atoms with Gasteiger partial charge in [-0.3, -0.25) is 14.4 Å². The van der Waals surface area contributed by atoms with Gasteiger partial charge in [0.2, 0.25) is 5.91 Å². The van der Waals surface area contributed by atoms with Gasteiger partial charge < -0.3 is 43.5 Å². The molecule has 3 saturated heterocycles. The molecule has 1 aromatic rings. The zero-order valence-electron chi connectivity index (χ0n) is 35.9. The molecule has 2 bridgehead atoms. The molecule has 0 spiro atoms. The lowest BCUT2D eigenvalue weighted by molar-refractivity contribution is -0.296. The number of carbonyl (C=O) groups is 3. The van der Waals surface area contributed by atoms with Gasteiger partial charge in [-0.05, 0) is 90.2 Å². The fourth-order valence-corrected chi connectivity index (χ4v) is 8.68. The van der Waals surface area contributed by atoms with Crippen LogP contribution in [0.2, 0.25) is 0 Å². The summed E-state index contributed by atoms with van der Waals surface area (Å²) < 4.78 is 38.0. The number of likely N-dealkylation sites (N-methyl/N-ethyl adjacent to an activating group) is 1. The van der Waals surface area contributed by atoms with Crippen molar-refractivity contribution in [2.45, 2.75) is 136 Å². The van der Waals surface area contributed by atoms with Gasteiger partial charge in [-0.25, -0.2) is 4.99 Å². The number of aliphatic hydroxyl groups excluding tert-OH is 1. The van der Waals surface area contributed by atoms with Crippen LogP contribution in [0.4, 0.5) is 0 Å². The molecule has 2 N–H and O–H groups in total. The summed E-state index contributed by atoms with van der Waals surface area (Å²) in [7, 11) is 5.37. The molecule has 1 aromatic carbocycles. The second-order valence-electron chi connectivity index (χ2n) is 16.8. The van der Waals surface area contributed by atoms with E-state index in [1.54, 1.807) is 27.9 Å². The van der Waals surface area contributed by atoms with Crippen molar-refractivity contribution in [1.82, 2.24) is 4.90 Å². The highest BCUT2D eigenvalue weighted by atomic mass is 16.7. The molecule has 0 aromatic heterocycles. The first-order valence-corrected chi connectivity index (χ1v) is 20.2. The average Bonchev–Trinajstić information content (AvgIpc) is 3.17. The maximum Gasteiger partial charge on any atom is 0.316 e. The Labute approximate surface area is 338 Å². The quantitative estimate of drug-likeness (QED) is 0.275. The van der Waals surface area contributed by atoms with E-state index in [2.05, 4.69) is 4.99 Å². The Balaban J connectivity index is 1.96. The minimum atomic E-state index is -1.79. The van der Waals surface area contributed by atoms with Crippen molar-refractivity contribution in [3.63, 3.8) is 0 Å². The van der Waals surface area contributed by atoms with Crippen LogP contribution in [0.1, 0.15) is 87.1 Å². The van der Waals surface area contributed by atoms with Crippen LogP contribution in [0, 0.1) is 23.7 Å². The number of hydrogen-bond donors (Lipinski definition) is 2. The zero-order valence-corrected chi connectivity index (χ0v) is 35.9. The Bertz CT molecular complexity index is 1640. The van der Waals surface area contributed by atoms with E-state index in [9.17, 15) is 24.6 Å². The largest absolute Gasteiger partial charge is 0.497 e. The molecular formula is C44H66N2O11. The number of aliphatic hydroxyl groups is 2. The number of methoxy groups -OCH3 is 1. The van der Waals surface area contributed by atoms with Crippen molar-refractivity contribution in [2.75, 3.05) is 34.4 Å². The predicted octanol–water partition coefficient (Wildman–Crippen LogP) is 5.20. The number of allylic oxidation sites excluding steroid dienone is 2. The van der Waals surface area contributed by atoms with Gasteiger partial charge in [0.1, 0.15) is 29.5 Å². The number of fused-ring (bicyclic) bond motifs is 5. The highest BCUT2D eigenvalue weighted by Gasteiger charge is 2.53.